The van der Waals surface area contributed by atoms with E-state index < -0.39 is 23.3 Å². The van der Waals surface area contributed by atoms with Crippen LogP contribution in [0.15, 0.2) is 42.5 Å². The first-order valence-electron chi connectivity index (χ1n) is 9.24. The summed E-state index contributed by atoms with van der Waals surface area (Å²) in [5, 5.41) is 19.2. The van der Waals surface area contributed by atoms with Crippen LogP contribution in [-0.2, 0) is 17.4 Å². The van der Waals surface area contributed by atoms with Crippen molar-refractivity contribution in [1.82, 2.24) is 4.90 Å². The number of halogens is 4. The second kappa shape index (κ2) is 8.94. The van der Waals surface area contributed by atoms with Crippen molar-refractivity contribution >= 4 is 23.2 Å². The molecule has 30 heavy (non-hydrogen) atoms. The predicted molar refractivity (Wildman–Crippen MR) is 106 cm³/mol. The van der Waals surface area contributed by atoms with Crippen LogP contribution in [0.5, 0.6) is 0 Å². The Morgan fingerprint density at radius 2 is 1.97 bits per heavy atom. The third-order valence-electron chi connectivity index (χ3n) is 5.11. The molecule has 158 valence electrons. The minimum absolute atomic E-state index is 0.0747. The van der Waals surface area contributed by atoms with E-state index in [0.29, 0.717) is 17.1 Å². The molecule has 2 aromatic carbocycles. The Morgan fingerprint density at radius 3 is 2.60 bits per heavy atom. The van der Waals surface area contributed by atoms with E-state index in [-0.39, 0.29) is 37.7 Å². The third kappa shape index (κ3) is 4.69. The fourth-order valence-corrected chi connectivity index (χ4v) is 3.74. The molecule has 3 rings (SSSR count). The molecule has 0 radical (unpaired) electrons. The van der Waals surface area contributed by atoms with Crippen molar-refractivity contribution in [3.63, 3.8) is 0 Å². The predicted octanol–water partition coefficient (Wildman–Crippen LogP) is 3.48. The zero-order valence-electron chi connectivity index (χ0n) is 15.9. The Morgan fingerprint density at radius 1 is 1.23 bits per heavy atom. The van der Waals surface area contributed by atoms with Gasteiger partial charge in [0.2, 0.25) is 5.91 Å². The number of amides is 1. The van der Waals surface area contributed by atoms with Gasteiger partial charge in [-0.15, -0.1) is 0 Å². The fourth-order valence-electron chi connectivity index (χ4n) is 3.54. The summed E-state index contributed by atoms with van der Waals surface area (Å²) >= 11 is 6.11. The van der Waals surface area contributed by atoms with Gasteiger partial charge in [0.05, 0.1) is 36.3 Å². The summed E-state index contributed by atoms with van der Waals surface area (Å²) in [7, 11) is 0. The minimum Gasteiger partial charge on any atom is -0.394 e. The molecule has 1 saturated heterocycles. The zero-order chi connectivity index (χ0) is 21.9. The van der Waals surface area contributed by atoms with E-state index >= 15 is 0 Å². The molecule has 9 heteroatoms. The van der Waals surface area contributed by atoms with Gasteiger partial charge in [-0.3, -0.25) is 4.79 Å². The molecule has 1 atom stereocenters. The van der Waals surface area contributed by atoms with E-state index in [1.807, 2.05) is 0 Å². The van der Waals surface area contributed by atoms with Crippen molar-refractivity contribution in [3.05, 3.63) is 64.2 Å². The van der Waals surface area contributed by atoms with Gasteiger partial charge in [0, 0.05) is 30.3 Å². The molecular weight excluding hydrogens is 419 g/mol. The topological polar surface area (TPSA) is 67.6 Å². The van der Waals surface area contributed by atoms with Gasteiger partial charge in [-0.2, -0.15) is 18.4 Å². The van der Waals surface area contributed by atoms with Crippen LogP contribution in [-0.4, -0.2) is 48.2 Å². The number of rotatable bonds is 4. The summed E-state index contributed by atoms with van der Waals surface area (Å²) in [4.78, 5) is 16.0. The molecule has 1 aliphatic rings. The maximum atomic E-state index is 13.3. The van der Waals surface area contributed by atoms with Crippen molar-refractivity contribution in [1.29, 1.82) is 5.26 Å². The highest BCUT2D eigenvalue weighted by atomic mass is 35.5. The first-order valence-corrected chi connectivity index (χ1v) is 9.62. The number of aliphatic hydroxyl groups excluding tert-OH is 1. The molecule has 1 aliphatic heterocycles. The maximum absolute atomic E-state index is 13.3. The molecule has 1 fully saturated rings. The van der Waals surface area contributed by atoms with Crippen LogP contribution in [0.25, 0.3) is 0 Å². The van der Waals surface area contributed by atoms with Crippen LogP contribution in [0, 0.1) is 11.3 Å². The average Bonchev–Trinajstić information content (AvgIpc) is 2.73. The lowest BCUT2D eigenvalue weighted by Gasteiger charge is -2.42. The van der Waals surface area contributed by atoms with Crippen LogP contribution in [0.1, 0.15) is 16.7 Å². The van der Waals surface area contributed by atoms with Gasteiger partial charge in [0.15, 0.2) is 0 Å². The number of nitriles is 1. The second-order valence-corrected chi connectivity index (χ2v) is 7.38. The van der Waals surface area contributed by atoms with Crippen molar-refractivity contribution < 1.29 is 23.1 Å². The van der Waals surface area contributed by atoms with Crippen molar-refractivity contribution in [2.24, 2.45) is 0 Å². The summed E-state index contributed by atoms with van der Waals surface area (Å²) < 4.78 is 39.8. The largest absolute Gasteiger partial charge is 0.417 e. The number of aliphatic hydroxyl groups is 1. The first kappa shape index (κ1) is 21.9. The SMILES string of the molecule is N#Cc1ccc(N2CCN(C(=O)Cc3ccccc3Cl)C(CO)C2)cc1C(F)(F)F. The number of carbonyl (C=O) groups is 1. The van der Waals surface area contributed by atoms with E-state index in [0.717, 1.165) is 12.1 Å². The van der Waals surface area contributed by atoms with Gasteiger partial charge in [0.25, 0.3) is 0 Å². The second-order valence-electron chi connectivity index (χ2n) is 6.98. The van der Waals surface area contributed by atoms with Crippen molar-refractivity contribution in [3.8, 4) is 6.07 Å². The lowest BCUT2D eigenvalue weighted by Crippen LogP contribution is -2.57. The molecule has 1 N–H and O–H groups in total. The molecule has 1 amide bonds. The maximum Gasteiger partial charge on any atom is 0.417 e. The normalized spacial score (nSPS) is 17.0. The molecule has 1 unspecified atom stereocenters. The van der Waals surface area contributed by atoms with Crippen LogP contribution >= 0.6 is 11.6 Å². The summed E-state index contributed by atoms with van der Waals surface area (Å²) in [5.41, 5.74) is -0.484. The Hall–Kier alpha value is -2.76. The molecule has 1 heterocycles. The van der Waals surface area contributed by atoms with Gasteiger partial charge in [-0.25, -0.2) is 0 Å². The van der Waals surface area contributed by atoms with Crippen molar-refractivity contribution in [2.45, 2.75) is 18.6 Å². The minimum atomic E-state index is -4.65. The fraction of sp³-hybridized carbons (Fsp3) is 0.333. The van der Waals surface area contributed by atoms with E-state index in [1.54, 1.807) is 35.2 Å². The number of benzene rings is 2. The number of alkyl halides is 3. The zero-order valence-corrected chi connectivity index (χ0v) is 16.6. The third-order valence-corrected chi connectivity index (χ3v) is 5.48. The van der Waals surface area contributed by atoms with Crippen LogP contribution < -0.4 is 4.90 Å². The van der Waals surface area contributed by atoms with Gasteiger partial charge in [-0.1, -0.05) is 29.8 Å². The van der Waals surface area contributed by atoms with Gasteiger partial charge in [-0.05, 0) is 29.8 Å². The highest BCUT2D eigenvalue weighted by molar-refractivity contribution is 6.31. The Balaban J connectivity index is 1.77. The lowest BCUT2D eigenvalue weighted by molar-refractivity contribution is -0.137. The average molecular weight is 438 g/mol. The van der Waals surface area contributed by atoms with E-state index in [1.165, 1.54) is 11.0 Å². The Kier molecular flexibility index (Phi) is 6.54. The Labute approximate surface area is 176 Å². The van der Waals surface area contributed by atoms with E-state index in [2.05, 4.69) is 0 Å². The number of anilines is 1. The highest BCUT2D eigenvalue weighted by Gasteiger charge is 2.35. The Bertz CT molecular complexity index is 975. The monoisotopic (exact) mass is 437 g/mol. The van der Waals surface area contributed by atoms with Gasteiger partial charge >= 0.3 is 6.18 Å². The number of hydrogen-bond donors (Lipinski definition) is 1. The van der Waals surface area contributed by atoms with Gasteiger partial charge < -0.3 is 14.9 Å². The molecule has 0 bridgehead atoms. The van der Waals surface area contributed by atoms with Crippen LogP contribution in [0.3, 0.4) is 0 Å². The molecule has 0 saturated carbocycles. The highest BCUT2D eigenvalue weighted by Crippen LogP contribution is 2.35. The molecular formula is C21H19ClF3N3O2. The number of nitrogens with zero attached hydrogens (tertiary/aromatic N) is 3. The van der Waals surface area contributed by atoms with Crippen LogP contribution in [0.2, 0.25) is 5.02 Å². The van der Waals surface area contributed by atoms with E-state index in [9.17, 15) is 23.1 Å². The summed E-state index contributed by atoms with van der Waals surface area (Å²) in [6.07, 6.45) is -4.57. The smallest absolute Gasteiger partial charge is 0.394 e. The molecule has 0 aromatic heterocycles. The lowest BCUT2D eigenvalue weighted by atomic mass is 10.0. The first-order chi connectivity index (χ1) is 14.2. The number of piperazine rings is 1. The standard InChI is InChI=1S/C21H19ClF3N3O2/c22-19-4-2-1-3-14(19)9-20(30)28-8-7-27(12-17(28)13-29)16-6-5-15(11-26)18(10-16)21(23,24)25/h1-6,10,17,29H,7-9,12-13H2. The molecule has 0 aliphatic carbocycles. The number of carbonyl (C=O) groups excluding carboxylic acids is 1. The summed E-state index contributed by atoms with van der Waals surface area (Å²) in [5.74, 6) is -0.211. The summed E-state index contributed by atoms with van der Waals surface area (Å²) in [6, 6.07) is 11.5. The molecule has 5 nitrogen and oxygen atoms in total. The molecule has 2 aromatic rings. The van der Waals surface area contributed by atoms with Crippen molar-refractivity contribution in [2.75, 3.05) is 31.1 Å². The quantitative estimate of drug-likeness (QED) is 0.795. The molecule has 0 spiro atoms. The van der Waals surface area contributed by atoms with Gasteiger partial charge in [0.1, 0.15) is 0 Å². The number of hydrogen-bond acceptors (Lipinski definition) is 4. The van der Waals surface area contributed by atoms with E-state index in [4.69, 9.17) is 16.9 Å². The summed E-state index contributed by atoms with van der Waals surface area (Å²) in [6.45, 7) is 0.394. The van der Waals surface area contributed by atoms with Crippen LogP contribution in [0.4, 0.5) is 18.9 Å².